The lowest BCUT2D eigenvalue weighted by atomic mass is 9.86. The summed E-state index contributed by atoms with van der Waals surface area (Å²) in [5, 5.41) is 19.5. The molecule has 2 atom stereocenters. The Morgan fingerprint density at radius 1 is 1.05 bits per heavy atom. The third kappa shape index (κ3) is 6.04. The Labute approximate surface area is 213 Å². The SMILES string of the molecule is CC(O)CSC1=NC(Nc2ccc(C(F)(F)F)cc2)(c2ncccc2C(F)(F)F)C2=C(CCNCC2)N1. The van der Waals surface area contributed by atoms with Crippen LogP contribution in [-0.2, 0) is 18.0 Å². The van der Waals surface area contributed by atoms with Crippen molar-refractivity contribution in [3.8, 4) is 0 Å². The van der Waals surface area contributed by atoms with Crippen LogP contribution in [0.4, 0.5) is 32.0 Å². The number of anilines is 1. The van der Waals surface area contributed by atoms with E-state index in [1.54, 1.807) is 6.92 Å². The first-order valence-electron chi connectivity index (χ1n) is 11.5. The van der Waals surface area contributed by atoms with Gasteiger partial charge in [-0.05, 0) is 56.3 Å². The molecule has 0 saturated carbocycles. The van der Waals surface area contributed by atoms with Crippen molar-refractivity contribution >= 4 is 22.6 Å². The third-order valence-electron chi connectivity index (χ3n) is 5.89. The minimum Gasteiger partial charge on any atom is -0.393 e. The first-order valence-corrected chi connectivity index (χ1v) is 12.5. The van der Waals surface area contributed by atoms with Crippen molar-refractivity contribution in [2.45, 2.75) is 43.9 Å². The highest BCUT2D eigenvalue weighted by molar-refractivity contribution is 8.13. The molecule has 13 heteroatoms. The molecule has 2 aliphatic rings. The number of nitrogens with one attached hydrogen (secondary N) is 3. The summed E-state index contributed by atoms with van der Waals surface area (Å²) >= 11 is 1.13. The van der Waals surface area contributed by atoms with Crippen LogP contribution in [0.15, 0.2) is 58.9 Å². The number of alkyl halides is 6. The van der Waals surface area contributed by atoms with Crippen molar-refractivity contribution in [3.63, 3.8) is 0 Å². The first-order chi connectivity index (χ1) is 17.4. The van der Waals surface area contributed by atoms with Crippen LogP contribution in [0.5, 0.6) is 0 Å². The highest BCUT2D eigenvalue weighted by Crippen LogP contribution is 2.46. The zero-order valence-electron chi connectivity index (χ0n) is 19.7. The predicted octanol–water partition coefficient (Wildman–Crippen LogP) is 5.09. The number of amidine groups is 1. The summed E-state index contributed by atoms with van der Waals surface area (Å²) in [5.74, 6) is 0.220. The second kappa shape index (κ2) is 10.5. The first kappa shape index (κ1) is 27.3. The fourth-order valence-corrected chi connectivity index (χ4v) is 5.06. The summed E-state index contributed by atoms with van der Waals surface area (Å²) in [5.41, 5.74) is -2.88. The van der Waals surface area contributed by atoms with Gasteiger partial charge in [-0.1, -0.05) is 11.8 Å². The summed E-state index contributed by atoms with van der Waals surface area (Å²) < 4.78 is 82.1. The van der Waals surface area contributed by atoms with Gasteiger partial charge in [-0.15, -0.1) is 0 Å². The van der Waals surface area contributed by atoms with E-state index in [1.165, 1.54) is 12.3 Å². The minimum absolute atomic E-state index is 0.140. The Balaban J connectivity index is 1.94. The average Bonchev–Trinajstić information content (AvgIpc) is 3.08. The van der Waals surface area contributed by atoms with Gasteiger partial charge in [-0.3, -0.25) is 4.98 Å². The van der Waals surface area contributed by atoms with Gasteiger partial charge in [-0.25, -0.2) is 4.99 Å². The Morgan fingerprint density at radius 2 is 1.76 bits per heavy atom. The summed E-state index contributed by atoms with van der Waals surface area (Å²) in [6.07, 6.45) is -8.05. The van der Waals surface area contributed by atoms with Crippen LogP contribution in [0.2, 0.25) is 0 Å². The largest absolute Gasteiger partial charge is 0.418 e. The van der Waals surface area contributed by atoms with Gasteiger partial charge >= 0.3 is 12.4 Å². The maximum absolute atomic E-state index is 14.2. The molecule has 2 aliphatic heterocycles. The van der Waals surface area contributed by atoms with Gasteiger partial charge in [0, 0.05) is 41.9 Å². The fraction of sp³-hybridized carbons (Fsp3) is 0.417. The smallest absolute Gasteiger partial charge is 0.393 e. The molecule has 0 amide bonds. The standard InChI is InChI=1S/C24H25F6N5OS/c1-14(36)13-37-21-33-19-9-12-31-11-8-17(19)22(35-21,20-18(24(28,29)30)3-2-10-32-20)34-16-6-4-15(5-7-16)23(25,26)27/h2-7,10,14,31,34,36H,8-9,11-13H2,1H3,(H,33,35). The molecule has 0 aliphatic carbocycles. The number of aliphatic hydroxyl groups is 1. The van der Waals surface area contributed by atoms with Crippen LogP contribution in [0.1, 0.15) is 36.6 Å². The number of aromatic nitrogens is 1. The summed E-state index contributed by atoms with van der Waals surface area (Å²) in [6, 6.07) is 6.13. The topological polar surface area (TPSA) is 81.6 Å². The summed E-state index contributed by atoms with van der Waals surface area (Å²) in [6.45, 7) is 2.59. The molecule has 1 aromatic carbocycles. The van der Waals surface area contributed by atoms with Crippen LogP contribution >= 0.6 is 11.8 Å². The quantitative estimate of drug-likeness (QED) is 0.392. The van der Waals surface area contributed by atoms with E-state index >= 15 is 0 Å². The maximum Gasteiger partial charge on any atom is 0.418 e. The Morgan fingerprint density at radius 3 is 2.41 bits per heavy atom. The van der Waals surface area contributed by atoms with E-state index in [-0.39, 0.29) is 16.6 Å². The molecule has 4 rings (SSSR count). The number of rotatable bonds is 5. The van der Waals surface area contributed by atoms with Gasteiger partial charge in [0.25, 0.3) is 0 Å². The van der Waals surface area contributed by atoms with Gasteiger partial charge in [0.15, 0.2) is 10.8 Å². The minimum atomic E-state index is -4.77. The van der Waals surface area contributed by atoms with Crippen molar-refractivity contribution < 1.29 is 31.4 Å². The second-order valence-corrected chi connectivity index (χ2v) is 9.73. The molecule has 0 fully saturated rings. The van der Waals surface area contributed by atoms with E-state index in [2.05, 4.69) is 20.9 Å². The third-order valence-corrected chi connectivity index (χ3v) is 7.00. The van der Waals surface area contributed by atoms with E-state index in [1.807, 2.05) is 0 Å². The summed E-state index contributed by atoms with van der Waals surface area (Å²) in [4.78, 5) is 8.83. The van der Waals surface area contributed by atoms with Crippen molar-refractivity contribution in [2.75, 3.05) is 24.2 Å². The average molecular weight is 546 g/mol. The van der Waals surface area contributed by atoms with Gasteiger partial charge in [0.2, 0.25) is 0 Å². The second-order valence-electron chi connectivity index (χ2n) is 8.72. The van der Waals surface area contributed by atoms with E-state index in [0.717, 1.165) is 42.1 Å². The van der Waals surface area contributed by atoms with Crippen LogP contribution in [0.3, 0.4) is 0 Å². The predicted molar refractivity (Wildman–Crippen MR) is 130 cm³/mol. The number of benzene rings is 1. The number of aliphatic imine (C=N–C) groups is 1. The van der Waals surface area contributed by atoms with E-state index in [4.69, 9.17) is 4.99 Å². The Kier molecular flexibility index (Phi) is 7.77. The maximum atomic E-state index is 14.2. The highest BCUT2D eigenvalue weighted by Gasteiger charge is 2.48. The van der Waals surface area contributed by atoms with Crippen LogP contribution in [0, 0.1) is 0 Å². The normalized spacial score (nSPS) is 21.5. The molecule has 1 aromatic heterocycles. The lowest BCUT2D eigenvalue weighted by Crippen LogP contribution is -2.46. The highest BCUT2D eigenvalue weighted by atomic mass is 32.2. The van der Waals surface area contributed by atoms with Gasteiger partial charge < -0.3 is 21.1 Å². The molecule has 4 N–H and O–H groups in total. The van der Waals surface area contributed by atoms with Crippen molar-refractivity contribution in [3.05, 3.63) is 70.7 Å². The molecule has 2 unspecified atom stereocenters. The molecule has 0 bridgehead atoms. The van der Waals surface area contributed by atoms with Crippen molar-refractivity contribution in [2.24, 2.45) is 4.99 Å². The number of nitrogens with zero attached hydrogens (tertiary/aromatic N) is 2. The number of thioether (sulfide) groups is 1. The van der Waals surface area contributed by atoms with Gasteiger partial charge in [0.05, 0.1) is 17.2 Å². The van der Waals surface area contributed by atoms with Crippen LogP contribution in [-0.4, -0.2) is 40.2 Å². The number of aliphatic hydroxyl groups excluding tert-OH is 1. The molecule has 200 valence electrons. The van der Waals surface area contributed by atoms with Crippen LogP contribution < -0.4 is 16.0 Å². The molecule has 2 aromatic rings. The number of pyridine rings is 1. The van der Waals surface area contributed by atoms with Crippen LogP contribution in [0.25, 0.3) is 0 Å². The summed E-state index contributed by atoms with van der Waals surface area (Å²) in [7, 11) is 0. The van der Waals surface area contributed by atoms with Gasteiger partial charge in [-0.2, -0.15) is 26.3 Å². The number of halogens is 6. The van der Waals surface area contributed by atoms with Crippen molar-refractivity contribution in [1.29, 1.82) is 0 Å². The molecule has 0 saturated heterocycles. The molecular formula is C24H25F6N5OS. The van der Waals surface area contributed by atoms with E-state index in [0.29, 0.717) is 37.2 Å². The number of hydrogen-bond acceptors (Lipinski definition) is 7. The molecule has 6 nitrogen and oxygen atoms in total. The van der Waals surface area contributed by atoms with E-state index < -0.39 is 40.9 Å². The number of hydrogen-bond donors (Lipinski definition) is 4. The van der Waals surface area contributed by atoms with Crippen molar-refractivity contribution in [1.82, 2.24) is 15.6 Å². The van der Waals surface area contributed by atoms with Gasteiger partial charge in [0.1, 0.15) is 5.69 Å². The molecular weight excluding hydrogens is 520 g/mol. The molecule has 37 heavy (non-hydrogen) atoms. The Hall–Kier alpha value is -2.77. The molecule has 0 spiro atoms. The fourth-order valence-electron chi connectivity index (χ4n) is 4.27. The lowest BCUT2D eigenvalue weighted by Gasteiger charge is -2.40. The molecule has 0 radical (unpaired) electrons. The Bertz CT molecular complexity index is 1180. The zero-order chi connectivity index (χ0) is 26.8. The zero-order valence-corrected chi connectivity index (χ0v) is 20.5. The molecule has 3 heterocycles. The monoisotopic (exact) mass is 545 g/mol. The van der Waals surface area contributed by atoms with E-state index in [9.17, 15) is 31.4 Å². The lowest BCUT2D eigenvalue weighted by molar-refractivity contribution is -0.139.